The molecule has 5 nitrogen and oxygen atoms in total. The van der Waals surface area contributed by atoms with Crippen LogP contribution in [0.25, 0.3) is 11.1 Å². The van der Waals surface area contributed by atoms with Crippen molar-refractivity contribution in [3.63, 3.8) is 0 Å². The lowest BCUT2D eigenvalue weighted by atomic mass is 10.0. The third-order valence-electron chi connectivity index (χ3n) is 5.10. The standard InChI is InChI=1S/C24H24N2O3/c1-17-4-3-5-22(12-17)28-16-24(27)26-14-21-13-20(19-8-10-25-11-9-19)6-7-23(21)29-15-18(26)2/h3-13,18H,14-16H2,1-2H3/t18-/m0/s1. The molecule has 0 N–H and O–H groups in total. The molecule has 5 heteroatoms. The Morgan fingerprint density at radius 2 is 1.97 bits per heavy atom. The zero-order chi connectivity index (χ0) is 20.2. The molecular formula is C24H24N2O3. The van der Waals surface area contributed by atoms with Gasteiger partial charge in [-0.1, -0.05) is 18.2 Å². The Bertz CT molecular complexity index is 1000. The fraction of sp³-hybridized carbons (Fsp3) is 0.250. The van der Waals surface area contributed by atoms with Crippen molar-refractivity contribution in [3.05, 3.63) is 78.1 Å². The maximum Gasteiger partial charge on any atom is 0.261 e. The molecule has 1 aliphatic rings. The lowest BCUT2D eigenvalue weighted by molar-refractivity contribution is -0.136. The summed E-state index contributed by atoms with van der Waals surface area (Å²) in [6.45, 7) is 4.96. The molecule has 1 aromatic heterocycles. The molecule has 0 saturated heterocycles. The molecule has 2 heterocycles. The highest BCUT2D eigenvalue weighted by atomic mass is 16.5. The van der Waals surface area contributed by atoms with Crippen molar-refractivity contribution in [1.82, 2.24) is 9.88 Å². The Morgan fingerprint density at radius 3 is 2.76 bits per heavy atom. The summed E-state index contributed by atoms with van der Waals surface area (Å²) in [6.07, 6.45) is 3.55. The van der Waals surface area contributed by atoms with Crippen LogP contribution in [0, 0.1) is 6.92 Å². The van der Waals surface area contributed by atoms with Crippen molar-refractivity contribution in [2.24, 2.45) is 0 Å². The maximum absolute atomic E-state index is 12.9. The van der Waals surface area contributed by atoms with E-state index < -0.39 is 0 Å². The zero-order valence-corrected chi connectivity index (χ0v) is 16.7. The van der Waals surface area contributed by atoms with Crippen molar-refractivity contribution >= 4 is 5.91 Å². The number of benzene rings is 2. The van der Waals surface area contributed by atoms with Crippen LogP contribution in [-0.2, 0) is 11.3 Å². The average Bonchev–Trinajstić information content (AvgIpc) is 2.91. The largest absolute Gasteiger partial charge is 0.491 e. The number of carbonyl (C=O) groups is 1. The van der Waals surface area contributed by atoms with Crippen LogP contribution in [0.5, 0.6) is 11.5 Å². The molecule has 1 amide bonds. The molecule has 148 valence electrons. The number of carbonyl (C=O) groups excluding carboxylic acids is 1. The lowest BCUT2D eigenvalue weighted by Crippen LogP contribution is -2.42. The number of aromatic nitrogens is 1. The van der Waals surface area contributed by atoms with E-state index in [1.807, 2.05) is 67.3 Å². The fourth-order valence-electron chi connectivity index (χ4n) is 3.47. The van der Waals surface area contributed by atoms with Crippen LogP contribution in [0.4, 0.5) is 0 Å². The van der Waals surface area contributed by atoms with Crippen LogP contribution in [0.2, 0.25) is 0 Å². The van der Waals surface area contributed by atoms with Crippen molar-refractivity contribution in [2.45, 2.75) is 26.4 Å². The first-order valence-corrected chi connectivity index (χ1v) is 9.75. The molecule has 0 radical (unpaired) electrons. The fourth-order valence-corrected chi connectivity index (χ4v) is 3.47. The molecule has 0 spiro atoms. The van der Waals surface area contributed by atoms with E-state index in [-0.39, 0.29) is 18.6 Å². The molecule has 0 saturated carbocycles. The van der Waals surface area contributed by atoms with E-state index in [0.717, 1.165) is 28.0 Å². The quantitative estimate of drug-likeness (QED) is 0.671. The van der Waals surface area contributed by atoms with Gasteiger partial charge in [-0.2, -0.15) is 0 Å². The Hall–Kier alpha value is -3.34. The second kappa shape index (κ2) is 8.35. The molecule has 4 rings (SSSR count). The predicted octanol–water partition coefficient (Wildman–Crippen LogP) is 4.25. The number of ether oxygens (including phenoxy) is 2. The van der Waals surface area contributed by atoms with Gasteiger partial charge in [0.1, 0.15) is 18.1 Å². The SMILES string of the molecule is Cc1cccc(OCC(=O)N2Cc3cc(-c4ccncc4)ccc3OC[C@@H]2C)c1. The number of pyridine rings is 1. The topological polar surface area (TPSA) is 51.7 Å². The first kappa shape index (κ1) is 19.0. The van der Waals surface area contributed by atoms with Gasteiger partial charge < -0.3 is 14.4 Å². The average molecular weight is 388 g/mol. The van der Waals surface area contributed by atoms with Gasteiger partial charge in [-0.3, -0.25) is 9.78 Å². The van der Waals surface area contributed by atoms with Crippen LogP contribution >= 0.6 is 0 Å². The van der Waals surface area contributed by atoms with Gasteiger partial charge in [0.25, 0.3) is 5.91 Å². The molecule has 3 aromatic rings. The van der Waals surface area contributed by atoms with Gasteiger partial charge in [0.15, 0.2) is 6.61 Å². The second-order valence-corrected chi connectivity index (χ2v) is 7.35. The highest BCUT2D eigenvalue weighted by Crippen LogP contribution is 2.30. The summed E-state index contributed by atoms with van der Waals surface area (Å²) in [5.41, 5.74) is 4.25. The number of amides is 1. The molecule has 0 unspecified atom stereocenters. The number of hydrogen-bond donors (Lipinski definition) is 0. The smallest absolute Gasteiger partial charge is 0.261 e. The molecule has 0 aliphatic carbocycles. The van der Waals surface area contributed by atoms with Crippen molar-refractivity contribution in [3.8, 4) is 22.6 Å². The first-order valence-electron chi connectivity index (χ1n) is 9.75. The van der Waals surface area contributed by atoms with E-state index in [1.165, 1.54) is 0 Å². The summed E-state index contributed by atoms with van der Waals surface area (Å²) in [7, 11) is 0. The van der Waals surface area contributed by atoms with Crippen LogP contribution < -0.4 is 9.47 Å². The molecule has 0 bridgehead atoms. The summed E-state index contributed by atoms with van der Waals surface area (Å²) >= 11 is 0. The number of fused-ring (bicyclic) bond motifs is 1. The number of hydrogen-bond acceptors (Lipinski definition) is 4. The minimum Gasteiger partial charge on any atom is -0.491 e. The van der Waals surface area contributed by atoms with Gasteiger partial charge in [-0.15, -0.1) is 0 Å². The maximum atomic E-state index is 12.9. The molecule has 1 atom stereocenters. The highest BCUT2D eigenvalue weighted by Gasteiger charge is 2.26. The van der Waals surface area contributed by atoms with Gasteiger partial charge in [-0.25, -0.2) is 0 Å². The Labute approximate surface area is 170 Å². The van der Waals surface area contributed by atoms with Crippen molar-refractivity contribution < 1.29 is 14.3 Å². The zero-order valence-electron chi connectivity index (χ0n) is 16.7. The minimum atomic E-state index is -0.0511. The van der Waals surface area contributed by atoms with E-state index >= 15 is 0 Å². The van der Waals surface area contributed by atoms with E-state index in [4.69, 9.17) is 9.47 Å². The molecule has 2 aromatic carbocycles. The van der Waals surface area contributed by atoms with Crippen LogP contribution in [0.15, 0.2) is 67.0 Å². The highest BCUT2D eigenvalue weighted by molar-refractivity contribution is 5.78. The predicted molar refractivity (Wildman–Crippen MR) is 112 cm³/mol. The van der Waals surface area contributed by atoms with Gasteiger partial charge in [0.05, 0.1) is 6.04 Å². The van der Waals surface area contributed by atoms with Gasteiger partial charge >= 0.3 is 0 Å². The number of nitrogens with zero attached hydrogens (tertiary/aromatic N) is 2. The lowest BCUT2D eigenvalue weighted by Gasteiger charge is -2.26. The molecule has 0 fully saturated rings. The van der Waals surface area contributed by atoms with Crippen molar-refractivity contribution in [2.75, 3.05) is 13.2 Å². The summed E-state index contributed by atoms with van der Waals surface area (Å²) in [5, 5.41) is 0. The minimum absolute atomic E-state index is 0.00712. The normalized spacial score (nSPS) is 15.8. The Morgan fingerprint density at radius 1 is 1.14 bits per heavy atom. The summed E-state index contributed by atoms with van der Waals surface area (Å²) < 4.78 is 11.7. The van der Waals surface area contributed by atoms with E-state index in [1.54, 1.807) is 12.4 Å². The monoisotopic (exact) mass is 388 g/mol. The van der Waals surface area contributed by atoms with E-state index in [9.17, 15) is 4.79 Å². The second-order valence-electron chi connectivity index (χ2n) is 7.35. The Balaban J connectivity index is 1.52. The third kappa shape index (κ3) is 4.40. The first-order chi connectivity index (χ1) is 14.1. The molecule has 1 aliphatic heterocycles. The summed E-state index contributed by atoms with van der Waals surface area (Å²) in [4.78, 5) is 18.8. The van der Waals surface area contributed by atoms with Crippen LogP contribution in [0.3, 0.4) is 0 Å². The van der Waals surface area contributed by atoms with E-state index in [0.29, 0.717) is 18.9 Å². The number of rotatable bonds is 4. The third-order valence-corrected chi connectivity index (χ3v) is 5.10. The summed E-state index contributed by atoms with van der Waals surface area (Å²) in [5.74, 6) is 1.48. The van der Waals surface area contributed by atoms with Gasteiger partial charge in [-0.05, 0) is 66.9 Å². The molecular weight excluding hydrogens is 364 g/mol. The van der Waals surface area contributed by atoms with Gasteiger partial charge in [0.2, 0.25) is 0 Å². The molecule has 29 heavy (non-hydrogen) atoms. The summed E-state index contributed by atoms with van der Waals surface area (Å²) in [6, 6.07) is 17.7. The van der Waals surface area contributed by atoms with Gasteiger partial charge in [0, 0.05) is 24.5 Å². The van der Waals surface area contributed by atoms with Crippen LogP contribution in [0.1, 0.15) is 18.1 Å². The Kier molecular flexibility index (Phi) is 5.47. The number of aryl methyl sites for hydroxylation is 1. The van der Waals surface area contributed by atoms with Crippen molar-refractivity contribution in [1.29, 1.82) is 0 Å². The van der Waals surface area contributed by atoms with E-state index in [2.05, 4.69) is 11.1 Å². The van der Waals surface area contributed by atoms with Crippen LogP contribution in [-0.4, -0.2) is 35.0 Å².